The predicted octanol–water partition coefficient (Wildman–Crippen LogP) is 25.6. The van der Waals surface area contributed by atoms with Crippen LogP contribution >= 0.6 is 7.82 Å². The number of phosphoric acid groups is 1. The Hall–Kier alpha value is -5.15. The molecule has 0 spiro atoms. The van der Waals surface area contributed by atoms with Crippen molar-refractivity contribution in [1.82, 2.24) is 0 Å². The van der Waals surface area contributed by atoms with Gasteiger partial charge in [0.15, 0.2) is 6.10 Å². The fraction of sp³-hybridized carbons (Fsp3) is 0.605. The minimum absolute atomic E-state index is 0.0216. The minimum atomic E-state index is -4.41. The molecule has 1 N–H and O–H groups in total. The molecular weight excluding hydrogens is 1210 g/mol. The van der Waals surface area contributed by atoms with Crippen LogP contribution in [-0.4, -0.2) is 74.9 Å². The molecule has 2 unspecified atom stereocenters. The van der Waals surface area contributed by atoms with Crippen LogP contribution in [0.2, 0.25) is 0 Å². The third-order valence-corrected chi connectivity index (χ3v) is 16.6. The van der Waals surface area contributed by atoms with E-state index in [1.165, 1.54) is 96.3 Å². The van der Waals surface area contributed by atoms with Crippen LogP contribution in [-0.2, 0) is 32.7 Å². The van der Waals surface area contributed by atoms with Crippen molar-refractivity contribution in [2.75, 3.05) is 47.5 Å². The first-order chi connectivity index (χ1) is 47.0. The molecule has 542 valence electrons. The van der Waals surface area contributed by atoms with Gasteiger partial charge in [0.05, 0.1) is 27.7 Å². The number of rotatable bonds is 68. The molecule has 0 saturated carbocycles. The van der Waals surface area contributed by atoms with Crippen molar-refractivity contribution >= 4 is 19.8 Å². The standard InChI is InChI=1S/C86H140NO8P/c1-6-8-10-12-14-16-18-20-22-24-26-28-30-32-34-36-38-40-42-43-45-47-49-51-53-55-57-59-61-63-65-67-69-71-73-75-77-79-86(89)95-84(83-94-96(90,91)93-81-80-87(3,4)5)82-92-85(88)78-76-74-72-70-68-66-64-62-60-58-56-54-52-50-48-46-44-41-39-37-35-33-31-29-27-25-23-21-19-17-15-13-11-9-7-2/h8-11,14-17,20-23,26-29,32-35,38-41,43,45-46,48-49,51-52,54,84H,6-7,12-13,18-19,24-25,30-31,36-37,42,44,47,50,53,55-83H2,1-5H3/p+1/b10-8-,11-9-,16-14-,17-15-,22-20-,23-21-,28-26-,29-27-,34-32-,35-33-,40-38-,41-39-,45-43-,48-46-,51-49-,54-52-. The van der Waals surface area contributed by atoms with E-state index in [0.29, 0.717) is 17.4 Å². The number of allylic oxidation sites excluding steroid dienone is 32. The van der Waals surface area contributed by atoms with Crippen LogP contribution in [0.15, 0.2) is 194 Å². The molecule has 0 bridgehead atoms. The summed E-state index contributed by atoms with van der Waals surface area (Å²) in [4.78, 5) is 36.0. The van der Waals surface area contributed by atoms with Crippen molar-refractivity contribution in [2.24, 2.45) is 0 Å². The lowest BCUT2D eigenvalue weighted by atomic mass is 10.0. The van der Waals surface area contributed by atoms with Crippen LogP contribution in [0.3, 0.4) is 0 Å². The predicted molar refractivity (Wildman–Crippen MR) is 417 cm³/mol. The first kappa shape index (κ1) is 90.8. The Balaban J connectivity index is 4.09. The summed E-state index contributed by atoms with van der Waals surface area (Å²) in [5.74, 6) is -0.812. The first-order valence-corrected chi connectivity index (χ1v) is 39.7. The normalized spacial score (nSPS) is 14.2. The fourth-order valence-corrected chi connectivity index (χ4v) is 10.6. The van der Waals surface area contributed by atoms with E-state index in [0.717, 1.165) is 154 Å². The maximum absolute atomic E-state index is 12.9. The summed E-state index contributed by atoms with van der Waals surface area (Å²) in [6.07, 6.45) is 115. The molecule has 10 heteroatoms. The monoisotopic (exact) mass is 1350 g/mol. The molecular formula is C86H141NO8P+. The number of hydrogen-bond acceptors (Lipinski definition) is 7. The second-order valence-electron chi connectivity index (χ2n) is 25.9. The van der Waals surface area contributed by atoms with E-state index in [4.69, 9.17) is 18.5 Å². The molecule has 0 saturated heterocycles. The van der Waals surface area contributed by atoms with E-state index in [9.17, 15) is 19.0 Å². The van der Waals surface area contributed by atoms with Crippen LogP contribution in [0.5, 0.6) is 0 Å². The van der Waals surface area contributed by atoms with Gasteiger partial charge in [0, 0.05) is 12.8 Å². The van der Waals surface area contributed by atoms with Crippen molar-refractivity contribution in [3.05, 3.63) is 194 Å². The third kappa shape index (κ3) is 77.9. The molecule has 0 aliphatic carbocycles. The zero-order valence-corrected chi connectivity index (χ0v) is 62.7. The highest BCUT2D eigenvalue weighted by atomic mass is 31.2. The molecule has 0 aliphatic rings. The van der Waals surface area contributed by atoms with Crippen LogP contribution in [0.4, 0.5) is 0 Å². The SMILES string of the molecule is CC/C=C\C/C=C\C/C=C\C/C=C\C/C=C\C/C=C\C/C=C\C/C=C\CCCCCCCCCCCCCCC(=O)OC(COC(=O)CCCCCCCCCCCC/C=C\C/C=C\C/C=C\C/C=C\C/C=C\C/C=C\C/C=C\C/C=C\CC)COP(=O)(O)OCC[N+](C)(C)C. The number of quaternary nitrogens is 1. The smallest absolute Gasteiger partial charge is 0.462 e. The number of hydrogen-bond donors (Lipinski definition) is 1. The van der Waals surface area contributed by atoms with E-state index in [2.05, 4.69) is 208 Å². The van der Waals surface area contributed by atoms with Crippen molar-refractivity contribution in [3.63, 3.8) is 0 Å². The second kappa shape index (κ2) is 74.1. The van der Waals surface area contributed by atoms with Crippen molar-refractivity contribution in [2.45, 2.75) is 290 Å². The Morgan fingerprint density at radius 3 is 0.833 bits per heavy atom. The van der Waals surface area contributed by atoms with E-state index in [1.54, 1.807) is 0 Å². The van der Waals surface area contributed by atoms with Gasteiger partial charge in [0.25, 0.3) is 0 Å². The fourth-order valence-electron chi connectivity index (χ4n) is 9.87. The lowest BCUT2D eigenvalue weighted by molar-refractivity contribution is -0.870. The molecule has 0 aromatic rings. The Morgan fingerprint density at radius 2 is 0.562 bits per heavy atom. The summed E-state index contributed by atoms with van der Waals surface area (Å²) in [5, 5.41) is 0. The Kier molecular flexibility index (Phi) is 70.1. The van der Waals surface area contributed by atoms with Crippen LogP contribution in [0, 0.1) is 0 Å². The van der Waals surface area contributed by atoms with Crippen LogP contribution in [0.1, 0.15) is 284 Å². The Bertz CT molecular complexity index is 2330. The topological polar surface area (TPSA) is 108 Å². The van der Waals surface area contributed by atoms with Crippen molar-refractivity contribution in [1.29, 1.82) is 0 Å². The lowest BCUT2D eigenvalue weighted by Crippen LogP contribution is -2.37. The van der Waals surface area contributed by atoms with Gasteiger partial charge in [-0.25, -0.2) is 4.57 Å². The van der Waals surface area contributed by atoms with Gasteiger partial charge >= 0.3 is 19.8 Å². The van der Waals surface area contributed by atoms with Gasteiger partial charge in [-0.2, -0.15) is 0 Å². The molecule has 0 aromatic heterocycles. The highest BCUT2D eigenvalue weighted by molar-refractivity contribution is 7.47. The maximum Gasteiger partial charge on any atom is 0.472 e. The van der Waals surface area contributed by atoms with E-state index in [-0.39, 0.29) is 32.0 Å². The molecule has 0 radical (unpaired) electrons. The molecule has 0 aromatic carbocycles. The summed E-state index contributed by atoms with van der Waals surface area (Å²) >= 11 is 0. The van der Waals surface area contributed by atoms with Gasteiger partial charge in [0.1, 0.15) is 19.8 Å². The van der Waals surface area contributed by atoms with Gasteiger partial charge in [0.2, 0.25) is 0 Å². The van der Waals surface area contributed by atoms with Gasteiger partial charge < -0.3 is 18.9 Å². The number of esters is 2. The summed E-state index contributed by atoms with van der Waals surface area (Å²) in [6.45, 7) is 4.19. The van der Waals surface area contributed by atoms with Crippen LogP contribution in [0.25, 0.3) is 0 Å². The molecule has 0 fully saturated rings. The zero-order chi connectivity index (χ0) is 69.7. The Morgan fingerprint density at radius 1 is 0.323 bits per heavy atom. The highest BCUT2D eigenvalue weighted by Gasteiger charge is 2.27. The lowest BCUT2D eigenvalue weighted by Gasteiger charge is -2.24. The van der Waals surface area contributed by atoms with E-state index < -0.39 is 26.5 Å². The van der Waals surface area contributed by atoms with Crippen molar-refractivity contribution < 1.29 is 42.1 Å². The molecule has 2 atom stereocenters. The van der Waals surface area contributed by atoms with Crippen LogP contribution < -0.4 is 0 Å². The molecule has 0 rings (SSSR count). The van der Waals surface area contributed by atoms with E-state index in [1.807, 2.05) is 21.1 Å². The minimum Gasteiger partial charge on any atom is -0.462 e. The summed E-state index contributed by atoms with van der Waals surface area (Å²) < 4.78 is 34.8. The van der Waals surface area contributed by atoms with E-state index >= 15 is 0 Å². The zero-order valence-electron chi connectivity index (χ0n) is 61.8. The van der Waals surface area contributed by atoms with Gasteiger partial charge in [-0.15, -0.1) is 0 Å². The third-order valence-electron chi connectivity index (χ3n) is 15.6. The number of nitrogens with zero attached hydrogens (tertiary/aromatic N) is 1. The molecule has 96 heavy (non-hydrogen) atoms. The number of phosphoric ester groups is 1. The summed E-state index contributed by atoms with van der Waals surface area (Å²) in [7, 11) is 1.45. The molecule has 0 aliphatic heterocycles. The molecule has 0 amide bonds. The maximum atomic E-state index is 12.9. The van der Waals surface area contributed by atoms with Gasteiger partial charge in [-0.1, -0.05) is 324 Å². The van der Waals surface area contributed by atoms with Gasteiger partial charge in [-0.3, -0.25) is 18.6 Å². The number of ether oxygens (including phenoxy) is 2. The average Bonchev–Trinajstić information content (AvgIpc) is 2.72. The Labute approximate surface area is 590 Å². The quantitative estimate of drug-likeness (QED) is 0.0211. The number of carbonyl (C=O) groups excluding carboxylic acids is 2. The summed E-state index contributed by atoms with van der Waals surface area (Å²) in [6, 6.07) is 0. The number of unbranched alkanes of at least 4 members (excludes halogenated alkanes) is 22. The largest absolute Gasteiger partial charge is 0.472 e. The van der Waals surface area contributed by atoms with Crippen molar-refractivity contribution in [3.8, 4) is 0 Å². The van der Waals surface area contributed by atoms with Gasteiger partial charge in [-0.05, 0) is 141 Å². The highest BCUT2D eigenvalue weighted by Crippen LogP contribution is 2.43. The first-order valence-electron chi connectivity index (χ1n) is 38.2. The molecule has 0 heterocycles. The number of likely N-dealkylation sites (N-methyl/N-ethyl adjacent to an activating group) is 1. The molecule has 9 nitrogen and oxygen atoms in total. The summed E-state index contributed by atoms with van der Waals surface area (Å²) in [5.41, 5.74) is 0. The average molecular weight is 1350 g/mol. The second-order valence-corrected chi connectivity index (χ2v) is 27.4. The number of carbonyl (C=O) groups is 2.